The van der Waals surface area contributed by atoms with Crippen molar-refractivity contribution in [2.24, 2.45) is 0 Å². The van der Waals surface area contributed by atoms with E-state index in [4.69, 9.17) is 9.47 Å². The molecule has 2 heterocycles. The molecule has 0 fully saturated rings. The minimum absolute atomic E-state index is 0.0986. The summed E-state index contributed by atoms with van der Waals surface area (Å²) in [5, 5.41) is 5.28. The van der Waals surface area contributed by atoms with Crippen LogP contribution in [0.4, 0.5) is 0 Å². The third kappa shape index (κ3) is 2.63. The van der Waals surface area contributed by atoms with Gasteiger partial charge in [-0.15, -0.1) is 11.3 Å². The van der Waals surface area contributed by atoms with E-state index < -0.39 is 0 Å². The number of thiophene rings is 1. The molecular formula is C13H16N2O2S. The Bertz CT molecular complexity index is 513. The Balaban J connectivity index is 2.32. The molecule has 5 heteroatoms. The molecule has 0 saturated carbocycles. The van der Waals surface area contributed by atoms with Crippen molar-refractivity contribution in [3.63, 3.8) is 0 Å². The molecule has 0 amide bonds. The van der Waals surface area contributed by atoms with Crippen molar-refractivity contribution in [3.05, 3.63) is 40.3 Å². The molecule has 1 unspecified atom stereocenters. The Morgan fingerprint density at radius 3 is 2.56 bits per heavy atom. The van der Waals surface area contributed by atoms with Gasteiger partial charge in [0.25, 0.3) is 0 Å². The van der Waals surface area contributed by atoms with E-state index in [1.165, 1.54) is 4.88 Å². The first-order chi connectivity index (χ1) is 8.78. The maximum atomic E-state index is 5.21. The second-order valence-corrected chi connectivity index (χ2v) is 4.71. The van der Waals surface area contributed by atoms with Crippen molar-refractivity contribution in [1.82, 2.24) is 10.3 Å². The maximum absolute atomic E-state index is 5.21. The first kappa shape index (κ1) is 12.9. The molecule has 0 aliphatic carbocycles. The van der Waals surface area contributed by atoms with Gasteiger partial charge in [0.1, 0.15) is 11.5 Å². The SMILES string of the molecule is CNC(c1cncc(OC)c1)c1cc(OC)cs1. The summed E-state index contributed by atoms with van der Waals surface area (Å²) in [4.78, 5) is 5.37. The summed E-state index contributed by atoms with van der Waals surface area (Å²) < 4.78 is 10.4. The molecule has 0 radical (unpaired) electrons. The minimum atomic E-state index is 0.0986. The Morgan fingerprint density at radius 2 is 1.94 bits per heavy atom. The fraction of sp³-hybridized carbons (Fsp3) is 0.308. The molecule has 96 valence electrons. The number of hydrogen-bond donors (Lipinski definition) is 1. The predicted octanol–water partition coefficient (Wildman–Crippen LogP) is 2.47. The monoisotopic (exact) mass is 264 g/mol. The molecule has 2 rings (SSSR count). The van der Waals surface area contributed by atoms with Gasteiger partial charge in [0.15, 0.2) is 0 Å². The average molecular weight is 264 g/mol. The summed E-state index contributed by atoms with van der Waals surface area (Å²) in [5.41, 5.74) is 1.07. The zero-order chi connectivity index (χ0) is 13.0. The van der Waals surface area contributed by atoms with E-state index in [1.807, 2.05) is 30.8 Å². The lowest BCUT2D eigenvalue weighted by molar-refractivity contribution is 0.411. The number of nitrogens with zero attached hydrogens (tertiary/aromatic N) is 1. The van der Waals surface area contributed by atoms with Crippen molar-refractivity contribution in [3.8, 4) is 11.5 Å². The van der Waals surface area contributed by atoms with E-state index >= 15 is 0 Å². The second-order valence-electron chi connectivity index (χ2n) is 3.77. The van der Waals surface area contributed by atoms with Crippen LogP contribution in [-0.4, -0.2) is 26.3 Å². The van der Waals surface area contributed by atoms with Crippen LogP contribution < -0.4 is 14.8 Å². The summed E-state index contributed by atoms with van der Waals surface area (Å²) in [6, 6.07) is 4.12. The summed E-state index contributed by atoms with van der Waals surface area (Å²) in [6.45, 7) is 0. The highest BCUT2D eigenvalue weighted by atomic mass is 32.1. The second kappa shape index (κ2) is 5.84. The van der Waals surface area contributed by atoms with Gasteiger partial charge in [-0.25, -0.2) is 0 Å². The van der Waals surface area contributed by atoms with E-state index in [0.29, 0.717) is 0 Å². The lowest BCUT2D eigenvalue weighted by Crippen LogP contribution is -2.16. The van der Waals surface area contributed by atoms with Crippen molar-refractivity contribution < 1.29 is 9.47 Å². The van der Waals surface area contributed by atoms with Gasteiger partial charge >= 0.3 is 0 Å². The zero-order valence-corrected chi connectivity index (χ0v) is 11.5. The molecule has 0 aliphatic rings. The van der Waals surface area contributed by atoms with Crippen LogP contribution in [0.2, 0.25) is 0 Å². The van der Waals surface area contributed by atoms with Crippen LogP contribution in [0.25, 0.3) is 0 Å². The van der Waals surface area contributed by atoms with Crippen molar-refractivity contribution >= 4 is 11.3 Å². The van der Waals surface area contributed by atoms with Crippen LogP contribution >= 0.6 is 11.3 Å². The van der Waals surface area contributed by atoms with Crippen LogP contribution in [0.1, 0.15) is 16.5 Å². The van der Waals surface area contributed by atoms with E-state index in [-0.39, 0.29) is 6.04 Å². The molecule has 4 nitrogen and oxygen atoms in total. The molecule has 1 N–H and O–H groups in total. The Kier molecular flexibility index (Phi) is 4.17. The number of pyridine rings is 1. The highest BCUT2D eigenvalue weighted by Crippen LogP contribution is 2.31. The molecule has 0 aliphatic heterocycles. The van der Waals surface area contributed by atoms with Crippen LogP contribution in [-0.2, 0) is 0 Å². The third-order valence-electron chi connectivity index (χ3n) is 2.71. The molecule has 18 heavy (non-hydrogen) atoms. The first-order valence-corrected chi connectivity index (χ1v) is 6.45. The third-order valence-corrected chi connectivity index (χ3v) is 3.68. The van der Waals surface area contributed by atoms with Crippen molar-refractivity contribution in [2.75, 3.05) is 21.3 Å². The topological polar surface area (TPSA) is 43.4 Å². The van der Waals surface area contributed by atoms with Gasteiger partial charge in [-0.3, -0.25) is 4.98 Å². The standard InChI is InChI=1S/C13H16N2O2S/c1-14-13(12-5-11(17-3)8-18-12)9-4-10(16-2)7-15-6-9/h4-8,13-14H,1-3H3. The number of ether oxygens (including phenoxy) is 2. The largest absolute Gasteiger partial charge is 0.496 e. The fourth-order valence-corrected chi connectivity index (χ4v) is 2.76. The van der Waals surface area contributed by atoms with Crippen LogP contribution in [0.5, 0.6) is 11.5 Å². The van der Waals surface area contributed by atoms with E-state index in [9.17, 15) is 0 Å². The minimum Gasteiger partial charge on any atom is -0.496 e. The maximum Gasteiger partial charge on any atom is 0.137 e. The predicted molar refractivity (Wildman–Crippen MR) is 72.6 cm³/mol. The summed E-state index contributed by atoms with van der Waals surface area (Å²) in [5.74, 6) is 1.64. The molecule has 1 atom stereocenters. The van der Waals surface area contributed by atoms with E-state index in [1.54, 1.807) is 31.8 Å². The number of hydrogen-bond acceptors (Lipinski definition) is 5. The molecular weight excluding hydrogens is 248 g/mol. The van der Waals surface area contributed by atoms with Gasteiger partial charge in [-0.2, -0.15) is 0 Å². The van der Waals surface area contributed by atoms with E-state index in [0.717, 1.165) is 17.1 Å². The fourth-order valence-electron chi connectivity index (χ4n) is 1.77. The molecule has 0 aromatic carbocycles. The van der Waals surface area contributed by atoms with Gasteiger partial charge in [-0.05, 0) is 24.7 Å². The highest BCUT2D eigenvalue weighted by Gasteiger charge is 2.15. The number of nitrogens with one attached hydrogen (secondary N) is 1. The van der Waals surface area contributed by atoms with Gasteiger partial charge in [0, 0.05) is 16.5 Å². The highest BCUT2D eigenvalue weighted by molar-refractivity contribution is 7.10. The number of methoxy groups -OCH3 is 2. The van der Waals surface area contributed by atoms with Gasteiger partial charge in [0.05, 0.1) is 26.5 Å². The Hall–Kier alpha value is -1.59. The summed E-state index contributed by atoms with van der Waals surface area (Å²) in [7, 11) is 5.24. The summed E-state index contributed by atoms with van der Waals surface area (Å²) in [6.07, 6.45) is 3.54. The first-order valence-electron chi connectivity index (χ1n) is 5.57. The summed E-state index contributed by atoms with van der Waals surface area (Å²) >= 11 is 1.66. The zero-order valence-electron chi connectivity index (χ0n) is 10.6. The quantitative estimate of drug-likeness (QED) is 0.901. The molecule has 0 bridgehead atoms. The number of rotatable bonds is 5. The average Bonchev–Trinajstić information content (AvgIpc) is 2.88. The Morgan fingerprint density at radius 1 is 1.17 bits per heavy atom. The van der Waals surface area contributed by atoms with Gasteiger partial charge in [-0.1, -0.05) is 0 Å². The lowest BCUT2D eigenvalue weighted by atomic mass is 10.1. The van der Waals surface area contributed by atoms with Crippen molar-refractivity contribution in [1.29, 1.82) is 0 Å². The molecule has 0 saturated heterocycles. The van der Waals surface area contributed by atoms with Gasteiger partial charge < -0.3 is 14.8 Å². The number of aromatic nitrogens is 1. The van der Waals surface area contributed by atoms with Gasteiger partial charge in [0.2, 0.25) is 0 Å². The molecule has 2 aromatic heterocycles. The van der Waals surface area contributed by atoms with Crippen LogP contribution in [0.15, 0.2) is 29.9 Å². The van der Waals surface area contributed by atoms with Crippen LogP contribution in [0.3, 0.4) is 0 Å². The van der Waals surface area contributed by atoms with Crippen molar-refractivity contribution in [2.45, 2.75) is 6.04 Å². The molecule has 2 aromatic rings. The lowest BCUT2D eigenvalue weighted by Gasteiger charge is -2.15. The van der Waals surface area contributed by atoms with Crippen LogP contribution in [0, 0.1) is 0 Å². The van der Waals surface area contributed by atoms with E-state index in [2.05, 4.69) is 10.3 Å². The Labute approximate surface area is 111 Å². The molecule has 0 spiro atoms. The smallest absolute Gasteiger partial charge is 0.137 e. The normalized spacial score (nSPS) is 12.2.